The topological polar surface area (TPSA) is 69.2 Å². The van der Waals surface area contributed by atoms with Crippen molar-refractivity contribution in [1.29, 1.82) is 0 Å². The lowest BCUT2D eigenvalue weighted by atomic mass is 10.1. The summed E-state index contributed by atoms with van der Waals surface area (Å²) < 4.78 is 16.5. The average Bonchev–Trinajstić information content (AvgIpc) is 2.70. The van der Waals surface area contributed by atoms with Gasteiger partial charge in [-0.3, -0.25) is 4.79 Å². The number of benzene rings is 2. The first-order valence-corrected chi connectivity index (χ1v) is 8.60. The molecule has 0 radical (unpaired) electrons. The third-order valence-corrected chi connectivity index (χ3v) is 4.01. The molecule has 0 spiro atoms. The Kier molecular flexibility index (Phi) is 5.73. The van der Waals surface area contributed by atoms with Crippen molar-refractivity contribution in [2.24, 2.45) is 5.10 Å². The minimum absolute atomic E-state index is 0.0939. The van der Waals surface area contributed by atoms with E-state index < -0.39 is 0 Å². The number of amides is 1. The van der Waals surface area contributed by atoms with Crippen LogP contribution in [0.5, 0.6) is 17.2 Å². The molecule has 0 unspecified atom stereocenters. The predicted octanol–water partition coefficient (Wildman–Crippen LogP) is 2.94. The zero-order chi connectivity index (χ0) is 18.4. The molecule has 1 heterocycles. The van der Waals surface area contributed by atoms with Gasteiger partial charge in [-0.25, -0.2) is 5.43 Å². The molecule has 26 heavy (non-hydrogen) atoms. The second-order valence-corrected chi connectivity index (χ2v) is 5.88. The van der Waals surface area contributed by atoms with Gasteiger partial charge in [0.05, 0.1) is 5.71 Å². The van der Waals surface area contributed by atoms with Crippen LogP contribution in [-0.2, 0) is 11.2 Å². The fraction of sp³-hybridized carbons (Fsp3) is 0.300. The number of fused-ring (bicyclic) bond motifs is 1. The normalized spacial score (nSPS) is 13.2. The molecule has 0 saturated heterocycles. The van der Waals surface area contributed by atoms with E-state index in [1.54, 1.807) is 0 Å². The summed E-state index contributed by atoms with van der Waals surface area (Å²) in [5.41, 5.74) is 5.25. The molecule has 1 amide bonds. The van der Waals surface area contributed by atoms with Gasteiger partial charge in [0.2, 0.25) is 0 Å². The summed E-state index contributed by atoms with van der Waals surface area (Å²) in [6, 6.07) is 13.3. The number of rotatable bonds is 6. The van der Waals surface area contributed by atoms with Gasteiger partial charge in [0.15, 0.2) is 18.1 Å². The molecule has 6 heteroatoms. The number of hydrogen-bond donors (Lipinski definition) is 1. The highest BCUT2D eigenvalue weighted by Gasteiger charge is 2.12. The van der Waals surface area contributed by atoms with Crippen molar-refractivity contribution in [2.75, 3.05) is 19.8 Å². The number of nitrogens with zero attached hydrogens (tertiary/aromatic N) is 1. The van der Waals surface area contributed by atoms with Crippen LogP contribution in [0.3, 0.4) is 0 Å². The average molecular weight is 354 g/mol. The van der Waals surface area contributed by atoms with E-state index in [1.165, 1.54) is 5.56 Å². The van der Waals surface area contributed by atoms with Gasteiger partial charge in [-0.1, -0.05) is 19.1 Å². The van der Waals surface area contributed by atoms with Gasteiger partial charge in [-0.2, -0.15) is 5.10 Å². The van der Waals surface area contributed by atoms with Crippen LogP contribution >= 0.6 is 0 Å². The zero-order valence-corrected chi connectivity index (χ0v) is 15.0. The van der Waals surface area contributed by atoms with E-state index in [1.807, 2.05) is 49.4 Å². The quantitative estimate of drug-likeness (QED) is 0.640. The van der Waals surface area contributed by atoms with Crippen molar-refractivity contribution in [3.8, 4) is 17.2 Å². The molecule has 0 fully saturated rings. The summed E-state index contributed by atoms with van der Waals surface area (Å²) in [4.78, 5) is 11.9. The summed E-state index contributed by atoms with van der Waals surface area (Å²) in [7, 11) is 0. The van der Waals surface area contributed by atoms with Crippen LogP contribution in [0.25, 0.3) is 0 Å². The third-order valence-electron chi connectivity index (χ3n) is 4.01. The largest absolute Gasteiger partial charge is 0.486 e. The van der Waals surface area contributed by atoms with E-state index in [0.29, 0.717) is 30.4 Å². The van der Waals surface area contributed by atoms with Gasteiger partial charge in [0, 0.05) is 5.56 Å². The number of carbonyl (C=O) groups is 1. The fourth-order valence-corrected chi connectivity index (χ4v) is 2.48. The molecule has 2 aromatic carbocycles. The van der Waals surface area contributed by atoms with Crippen molar-refractivity contribution >= 4 is 11.6 Å². The van der Waals surface area contributed by atoms with Crippen LogP contribution in [0, 0.1) is 0 Å². The van der Waals surface area contributed by atoms with Crippen LogP contribution < -0.4 is 19.6 Å². The van der Waals surface area contributed by atoms with E-state index in [2.05, 4.69) is 17.5 Å². The molecule has 0 aromatic heterocycles. The Balaban J connectivity index is 1.53. The number of hydrogen-bond acceptors (Lipinski definition) is 5. The van der Waals surface area contributed by atoms with Crippen molar-refractivity contribution < 1.29 is 19.0 Å². The molecule has 0 aliphatic carbocycles. The van der Waals surface area contributed by atoms with Crippen molar-refractivity contribution in [1.82, 2.24) is 5.43 Å². The maximum Gasteiger partial charge on any atom is 0.277 e. The highest BCUT2D eigenvalue weighted by molar-refractivity contribution is 5.99. The van der Waals surface area contributed by atoms with Crippen LogP contribution in [0.1, 0.15) is 25.0 Å². The maximum atomic E-state index is 11.9. The van der Waals surface area contributed by atoms with E-state index in [4.69, 9.17) is 14.2 Å². The Morgan fingerprint density at radius 1 is 1.12 bits per heavy atom. The van der Waals surface area contributed by atoms with Crippen LogP contribution in [0.4, 0.5) is 0 Å². The first-order chi connectivity index (χ1) is 12.7. The molecule has 0 saturated carbocycles. The highest BCUT2D eigenvalue weighted by atomic mass is 16.6. The van der Waals surface area contributed by atoms with Crippen LogP contribution in [-0.4, -0.2) is 31.4 Å². The number of aryl methyl sites for hydroxylation is 1. The number of nitrogens with one attached hydrogen (secondary N) is 1. The molecular weight excluding hydrogens is 332 g/mol. The predicted molar refractivity (Wildman–Crippen MR) is 99.1 cm³/mol. The second kappa shape index (κ2) is 8.38. The zero-order valence-electron chi connectivity index (χ0n) is 15.0. The standard InChI is InChI=1S/C20H22N2O4/c1-3-15-4-7-17(8-5-15)26-13-20(23)22-21-14(2)16-6-9-18-19(12-16)25-11-10-24-18/h4-9,12H,3,10-11,13H2,1-2H3,(H,22,23). The highest BCUT2D eigenvalue weighted by Crippen LogP contribution is 2.30. The van der Waals surface area contributed by atoms with Gasteiger partial charge < -0.3 is 14.2 Å². The van der Waals surface area contributed by atoms with Gasteiger partial charge in [-0.15, -0.1) is 0 Å². The van der Waals surface area contributed by atoms with Crippen molar-refractivity contribution in [3.63, 3.8) is 0 Å². The summed E-state index contributed by atoms with van der Waals surface area (Å²) in [5, 5.41) is 4.12. The Labute approximate surface area is 152 Å². The molecular formula is C20H22N2O4. The van der Waals surface area contributed by atoms with E-state index in [-0.39, 0.29) is 12.5 Å². The SMILES string of the molecule is CCc1ccc(OCC(=O)NN=C(C)c2ccc3c(c2)OCCO3)cc1. The third kappa shape index (κ3) is 4.53. The first kappa shape index (κ1) is 17.8. The number of ether oxygens (including phenoxy) is 3. The Morgan fingerprint density at radius 3 is 2.58 bits per heavy atom. The van der Waals surface area contributed by atoms with Gasteiger partial charge in [0.25, 0.3) is 5.91 Å². The summed E-state index contributed by atoms with van der Waals surface area (Å²) >= 11 is 0. The molecule has 1 aliphatic heterocycles. The molecule has 6 nitrogen and oxygen atoms in total. The Bertz CT molecular complexity index is 800. The monoisotopic (exact) mass is 354 g/mol. The number of carbonyl (C=O) groups excluding carboxylic acids is 1. The summed E-state index contributed by atoms with van der Waals surface area (Å²) in [6.45, 7) is 4.89. The van der Waals surface area contributed by atoms with E-state index >= 15 is 0 Å². The Hall–Kier alpha value is -3.02. The molecule has 136 valence electrons. The lowest BCUT2D eigenvalue weighted by molar-refractivity contribution is -0.123. The van der Waals surface area contributed by atoms with Gasteiger partial charge >= 0.3 is 0 Å². The van der Waals surface area contributed by atoms with Crippen molar-refractivity contribution in [2.45, 2.75) is 20.3 Å². The fourth-order valence-electron chi connectivity index (χ4n) is 2.48. The molecule has 3 rings (SSSR count). The molecule has 0 bridgehead atoms. The lowest BCUT2D eigenvalue weighted by Gasteiger charge is -2.18. The smallest absolute Gasteiger partial charge is 0.277 e. The van der Waals surface area contributed by atoms with Crippen molar-refractivity contribution in [3.05, 3.63) is 53.6 Å². The molecule has 1 N–H and O–H groups in total. The molecule has 0 atom stereocenters. The van der Waals surface area contributed by atoms with E-state index in [0.717, 1.165) is 17.7 Å². The van der Waals surface area contributed by atoms with Crippen LogP contribution in [0.2, 0.25) is 0 Å². The molecule has 2 aromatic rings. The van der Waals surface area contributed by atoms with Crippen LogP contribution in [0.15, 0.2) is 47.6 Å². The minimum atomic E-state index is -0.318. The summed E-state index contributed by atoms with van der Waals surface area (Å²) in [6.07, 6.45) is 0.967. The lowest BCUT2D eigenvalue weighted by Crippen LogP contribution is -2.25. The van der Waals surface area contributed by atoms with Gasteiger partial charge in [-0.05, 0) is 49.2 Å². The second-order valence-electron chi connectivity index (χ2n) is 5.88. The minimum Gasteiger partial charge on any atom is -0.486 e. The van der Waals surface area contributed by atoms with E-state index in [9.17, 15) is 4.79 Å². The maximum absolute atomic E-state index is 11.9. The Morgan fingerprint density at radius 2 is 1.85 bits per heavy atom. The number of hydrazone groups is 1. The first-order valence-electron chi connectivity index (χ1n) is 8.60. The van der Waals surface area contributed by atoms with Gasteiger partial charge in [0.1, 0.15) is 19.0 Å². The molecule has 1 aliphatic rings. The summed E-state index contributed by atoms with van der Waals surface area (Å²) in [5.74, 6) is 1.75.